The van der Waals surface area contributed by atoms with E-state index in [1.807, 2.05) is 65.5 Å². The van der Waals surface area contributed by atoms with Gasteiger partial charge in [-0.05, 0) is 43.2 Å². The number of para-hydroxylation sites is 1. The first-order chi connectivity index (χ1) is 14.2. The minimum atomic E-state index is -0.144. The Balaban J connectivity index is 1.57. The van der Waals surface area contributed by atoms with Gasteiger partial charge in [0.1, 0.15) is 0 Å². The third-order valence-corrected chi connectivity index (χ3v) is 5.08. The highest BCUT2D eigenvalue weighted by molar-refractivity contribution is 6.30. The molecule has 1 saturated heterocycles. The molecule has 6 heteroatoms. The van der Waals surface area contributed by atoms with Gasteiger partial charge in [-0.2, -0.15) is 5.10 Å². The smallest absolute Gasteiger partial charge is 0.244 e. The molecular weight excluding hydrogens is 386 g/mol. The normalized spacial score (nSPS) is 16.4. The van der Waals surface area contributed by atoms with E-state index in [0.717, 1.165) is 42.0 Å². The molecule has 1 fully saturated rings. The van der Waals surface area contributed by atoms with E-state index in [4.69, 9.17) is 21.4 Å². The zero-order chi connectivity index (χ0) is 20.1. The van der Waals surface area contributed by atoms with Gasteiger partial charge in [0.25, 0.3) is 0 Å². The summed E-state index contributed by atoms with van der Waals surface area (Å²) in [7, 11) is 0. The zero-order valence-electron chi connectivity index (χ0n) is 15.9. The van der Waals surface area contributed by atoms with Crippen molar-refractivity contribution >= 4 is 23.6 Å². The molecule has 2 heterocycles. The Kier molecular flexibility index (Phi) is 6.08. The van der Waals surface area contributed by atoms with Crippen LogP contribution in [0.2, 0.25) is 5.02 Å². The van der Waals surface area contributed by atoms with E-state index in [0.29, 0.717) is 11.6 Å². The minimum absolute atomic E-state index is 0.123. The molecule has 1 N–H and O–H groups in total. The largest absolute Gasteiger partial charge is 0.376 e. The van der Waals surface area contributed by atoms with Crippen LogP contribution in [-0.2, 0) is 9.53 Å². The Morgan fingerprint density at radius 2 is 2.00 bits per heavy atom. The van der Waals surface area contributed by atoms with Crippen molar-refractivity contribution in [2.75, 3.05) is 13.2 Å². The number of hydrogen-bond donors (Lipinski definition) is 1. The first-order valence-electron chi connectivity index (χ1n) is 9.67. The van der Waals surface area contributed by atoms with Gasteiger partial charge in [0.15, 0.2) is 0 Å². The van der Waals surface area contributed by atoms with Crippen molar-refractivity contribution in [1.82, 2.24) is 15.1 Å². The van der Waals surface area contributed by atoms with Crippen LogP contribution < -0.4 is 5.32 Å². The molecule has 148 valence electrons. The maximum Gasteiger partial charge on any atom is 0.244 e. The van der Waals surface area contributed by atoms with Crippen LogP contribution in [0.4, 0.5) is 0 Å². The van der Waals surface area contributed by atoms with Gasteiger partial charge < -0.3 is 10.1 Å². The van der Waals surface area contributed by atoms with Gasteiger partial charge in [-0.3, -0.25) is 4.79 Å². The van der Waals surface area contributed by atoms with Crippen molar-refractivity contribution < 1.29 is 9.53 Å². The number of benzene rings is 2. The van der Waals surface area contributed by atoms with Gasteiger partial charge in [-0.25, -0.2) is 4.68 Å². The van der Waals surface area contributed by atoms with E-state index in [-0.39, 0.29) is 12.0 Å². The fourth-order valence-corrected chi connectivity index (χ4v) is 3.42. The van der Waals surface area contributed by atoms with Gasteiger partial charge in [-0.15, -0.1) is 0 Å². The van der Waals surface area contributed by atoms with Crippen LogP contribution in [0.25, 0.3) is 23.0 Å². The van der Waals surface area contributed by atoms with E-state index in [1.54, 1.807) is 12.2 Å². The molecule has 5 nitrogen and oxygen atoms in total. The average Bonchev–Trinajstić information content (AvgIpc) is 3.42. The van der Waals surface area contributed by atoms with Crippen molar-refractivity contribution in [2.24, 2.45) is 0 Å². The third kappa shape index (κ3) is 4.94. The summed E-state index contributed by atoms with van der Waals surface area (Å²) in [5.74, 6) is -0.144. The fraction of sp³-hybridized carbons (Fsp3) is 0.217. The number of nitrogens with one attached hydrogen (secondary N) is 1. The summed E-state index contributed by atoms with van der Waals surface area (Å²) in [6.07, 6.45) is 7.43. The van der Waals surface area contributed by atoms with Gasteiger partial charge in [-0.1, -0.05) is 41.9 Å². The monoisotopic (exact) mass is 407 g/mol. The summed E-state index contributed by atoms with van der Waals surface area (Å²) in [5.41, 5.74) is 3.52. The number of halogens is 1. The number of rotatable bonds is 6. The second-order valence-electron chi connectivity index (χ2n) is 6.93. The number of hydrogen-bond acceptors (Lipinski definition) is 3. The lowest BCUT2D eigenvalue weighted by molar-refractivity contribution is -0.116. The second kappa shape index (κ2) is 9.07. The molecule has 3 aromatic rings. The average molecular weight is 408 g/mol. The SMILES string of the molecule is O=C(/C=C/c1cn(-c2ccccc2)nc1-c1ccc(Cl)cc1)NC[C@H]1CCCO1. The van der Waals surface area contributed by atoms with E-state index < -0.39 is 0 Å². The maximum absolute atomic E-state index is 12.2. The topological polar surface area (TPSA) is 56.2 Å². The number of nitrogens with zero attached hydrogens (tertiary/aromatic N) is 2. The predicted octanol–water partition coefficient (Wildman–Crippen LogP) is 4.50. The second-order valence-corrected chi connectivity index (χ2v) is 7.37. The highest BCUT2D eigenvalue weighted by Gasteiger charge is 2.16. The van der Waals surface area contributed by atoms with Gasteiger partial charge >= 0.3 is 0 Å². The molecule has 2 aromatic carbocycles. The molecule has 1 aliphatic rings. The lowest BCUT2D eigenvalue weighted by atomic mass is 10.1. The molecule has 1 amide bonds. The van der Waals surface area contributed by atoms with E-state index in [9.17, 15) is 4.79 Å². The predicted molar refractivity (Wildman–Crippen MR) is 115 cm³/mol. The highest BCUT2D eigenvalue weighted by atomic mass is 35.5. The molecule has 1 aliphatic heterocycles. The van der Waals surface area contributed by atoms with Crippen LogP contribution >= 0.6 is 11.6 Å². The summed E-state index contributed by atoms with van der Waals surface area (Å²) in [4.78, 5) is 12.2. The molecule has 0 saturated carbocycles. The number of amides is 1. The first kappa shape index (κ1) is 19.4. The third-order valence-electron chi connectivity index (χ3n) is 4.82. The molecule has 0 bridgehead atoms. The maximum atomic E-state index is 12.2. The van der Waals surface area contributed by atoms with E-state index in [2.05, 4.69) is 5.32 Å². The summed E-state index contributed by atoms with van der Waals surface area (Å²) in [6.45, 7) is 1.32. The summed E-state index contributed by atoms with van der Waals surface area (Å²) in [6, 6.07) is 17.4. The Morgan fingerprint density at radius 1 is 1.21 bits per heavy atom. The standard InChI is InChI=1S/C23H22ClN3O2/c24-19-11-8-17(9-12-19)23-18(16-27(26-23)20-5-2-1-3-6-20)10-13-22(28)25-15-21-7-4-14-29-21/h1-3,5-6,8-13,16,21H,4,7,14-15H2,(H,25,28)/b13-10+/t21-/m1/s1. The van der Waals surface area contributed by atoms with E-state index >= 15 is 0 Å². The quantitative estimate of drug-likeness (QED) is 0.612. The minimum Gasteiger partial charge on any atom is -0.376 e. The van der Waals surface area contributed by atoms with Gasteiger partial charge in [0.05, 0.1) is 17.5 Å². The summed E-state index contributed by atoms with van der Waals surface area (Å²) < 4.78 is 7.36. The molecule has 0 unspecified atom stereocenters. The van der Waals surface area contributed by atoms with Crippen molar-refractivity contribution in [1.29, 1.82) is 0 Å². The number of carbonyl (C=O) groups excluding carboxylic acids is 1. The van der Waals surface area contributed by atoms with Crippen molar-refractivity contribution in [3.05, 3.63) is 77.5 Å². The van der Waals surface area contributed by atoms with Crippen molar-refractivity contribution in [3.8, 4) is 16.9 Å². The number of ether oxygens (including phenoxy) is 1. The van der Waals surface area contributed by atoms with Crippen LogP contribution in [-0.4, -0.2) is 34.9 Å². The van der Waals surface area contributed by atoms with Crippen molar-refractivity contribution in [2.45, 2.75) is 18.9 Å². The van der Waals surface area contributed by atoms with Crippen LogP contribution in [0.1, 0.15) is 18.4 Å². The van der Waals surface area contributed by atoms with Gasteiger partial charge in [0.2, 0.25) is 5.91 Å². The Morgan fingerprint density at radius 3 is 2.72 bits per heavy atom. The molecule has 4 rings (SSSR count). The highest BCUT2D eigenvalue weighted by Crippen LogP contribution is 2.26. The zero-order valence-corrected chi connectivity index (χ0v) is 16.7. The Hall–Kier alpha value is -2.89. The Bertz CT molecular complexity index is 991. The lowest BCUT2D eigenvalue weighted by Crippen LogP contribution is -2.30. The lowest BCUT2D eigenvalue weighted by Gasteiger charge is -2.08. The Labute approximate surface area is 175 Å². The summed E-state index contributed by atoms with van der Waals surface area (Å²) in [5, 5.41) is 8.31. The van der Waals surface area contributed by atoms with Crippen LogP contribution in [0.15, 0.2) is 66.9 Å². The molecule has 0 aliphatic carbocycles. The van der Waals surface area contributed by atoms with Crippen LogP contribution in [0.3, 0.4) is 0 Å². The fourth-order valence-electron chi connectivity index (χ4n) is 3.30. The molecule has 0 radical (unpaired) electrons. The molecule has 0 spiro atoms. The molecular formula is C23H22ClN3O2. The van der Waals surface area contributed by atoms with Gasteiger partial charge in [0, 0.05) is 41.6 Å². The van der Waals surface area contributed by atoms with Crippen molar-refractivity contribution in [3.63, 3.8) is 0 Å². The molecule has 1 atom stereocenters. The van der Waals surface area contributed by atoms with Crippen LogP contribution in [0, 0.1) is 0 Å². The number of carbonyl (C=O) groups is 1. The van der Waals surface area contributed by atoms with Crippen LogP contribution in [0.5, 0.6) is 0 Å². The van der Waals surface area contributed by atoms with E-state index in [1.165, 1.54) is 0 Å². The first-order valence-corrected chi connectivity index (χ1v) is 10.1. The molecule has 1 aromatic heterocycles. The number of aromatic nitrogens is 2. The summed E-state index contributed by atoms with van der Waals surface area (Å²) >= 11 is 6.03. The molecule has 29 heavy (non-hydrogen) atoms.